The number of hydrogen-bond donors (Lipinski definition) is 1. The Morgan fingerprint density at radius 3 is 2.88 bits per heavy atom. The molecule has 0 bridgehead atoms. The van der Waals surface area contributed by atoms with Gasteiger partial charge in [0.25, 0.3) is 0 Å². The number of imidazole rings is 1. The molecule has 16 heavy (non-hydrogen) atoms. The topological polar surface area (TPSA) is 37.5 Å². The number of nitrogens with zero attached hydrogens (tertiary/aromatic N) is 2. The van der Waals surface area contributed by atoms with Crippen LogP contribution in [0.5, 0.6) is 0 Å². The van der Waals surface area contributed by atoms with Crippen molar-refractivity contribution in [3.05, 3.63) is 47.8 Å². The molecule has 2 aromatic heterocycles. The third kappa shape index (κ3) is 1.29. The van der Waals surface area contributed by atoms with Crippen molar-refractivity contribution in [1.29, 1.82) is 0 Å². The summed E-state index contributed by atoms with van der Waals surface area (Å²) in [7, 11) is 0. The van der Waals surface area contributed by atoms with Crippen LogP contribution in [0.15, 0.2) is 36.5 Å². The quantitative estimate of drug-likeness (QED) is 0.672. The molecule has 80 valence electrons. The van der Waals surface area contributed by atoms with Crippen LogP contribution in [0, 0.1) is 6.92 Å². The molecule has 3 aromatic rings. The van der Waals surface area contributed by atoms with Gasteiger partial charge in [0.2, 0.25) is 0 Å². The molecule has 0 aliphatic rings. The lowest BCUT2D eigenvalue weighted by Crippen LogP contribution is -1.89. The molecule has 0 radical (unpaired) electrons. The summed E-state index contributed by atoms with van der Waals surface area (Å²) in [5.41, 5.74) is 3.96. The Balaban J connectivity index is 2.46. The molecule has 0 aliphatic carbocycles. The minimum atomic E-state index is 0.0695. The maximum atomic E-state index is 9.15. The van der Waals surface area contributed by atoms with E-state index in [1.807, 2.05) is 37.4 Å². The highest BCUT2D eigenvalue weighted by atomic mass is 16.3. The van der Waals surface area contributed by atoms with Gasteiger partial charge in [-0.25, -0.2) is 4.98 Å². The van der Waals surface area contributed by atoms with E-state index < -0.39 is 0 Å². The first-order valence-electron chi connectivity index (χ1n) is 5.26. The number of fused-ring (bicyclic) bond motifs is 3. The van der Waals surface area contributed by atoms with E-state index in [4.69, 9.17) is 5.11 Å². The maximum absolute atomic E-state index is 9.15. The van der Waals surface area contributed by atoms with Crippen LogP contribution in [0.2, 0.25) is 0 Å². The van der Waals surface area contributed by atoms with Crippen LogP contribution in [0.4, 0.5) is 0 Å². The number of aliphatic hydroxyl groups is 1. The second kappa shape index (κ2) is 3.32. The van der Waals surface area contributed by atoms with E-state index in [0.29, 0.717) is 0 Å². The van der Waals surface area contributed by atoms with Crippen LogP contribution in [0.1, 0.15) is 11.3 Å². The summed E-state index contributed by atoms with van der Waals surface area (Å²) in [6, 6.07) is 10.0. The molecule has 3 heteroatoms. The van der Waals surface area contributed by atoms with Gasteiger partial charge in [0.1, 0.15) is 5.65 Å². The van der Waals surface area contributed by atoms with Gasteiger partial charge in [0.05, 0.1) is 17.8 Å². The first-order valence-corrected chi connectivity index (χ1v) is 5.26. The summed E-state index contributed by atoms with van der Waals surface area (Å²) in [5, 5.41) is 10.3. The summed E-state index contributed by atoms with van der Waals surface area (Å²) < 4.78 is 2.06. The van der Waals surface area contributed by atoms with Crippen molar-refractivity contribution in [3.63, 3.8) is 0 Å². The summed E-state index contributed by atoms with van der Waals surface area (Å²) in [6.07, 6.45) is 2.01. The van der Waals surface area contributed by atoms with E-state index in [-0.39, 0.29) is 6.61 Å². The third-order valence-corrected chi connectivity index (χ3v) is 2.80. The van der Waals surface area contributed by atoms with Gasteiger partial charge in [-0.2, -0.15) is 0 Å². The van der Waals surface area contributed by atoms with E-state index in [9.17, 15) is 0 Å². The molecule has 1 N–H and O–H groups in total. The van der Waals surface area contributed by atoms with Crippen molar-refractivity contribution in [2.45, 2.75) is 13.5 Å². The van der Waals surface area contributed by atoms with E-state index in [0.717, 1.165) is 27.8 Å². The molecule has 0 spiro atoms. The molecular formula is C13H12N2O. The smallest absolute Gasteiger partial charge is 0.137 e. The Morgan fingerprint density at radius 2 is 2.06 bits per heavy atom. The van der Waals surface area contributed by atoms with Gasteiger partial charge in [-0.3, -0.25) is 4.40 Å². The van der Waals surface area contributed by atoms with E-state index in [2.05, 4.69) is 15.5 Å². The number of aromatic nitrogens is 2. The number of hydrogen-bond acceptors (Lipinski definition) is 2. The SMILES string of the molecule is Cc1cn2c(ccc3ccc(CO)cc32)n1. The minimum Gasteiger partial charge on any atom is -0.392 e. The first kappa shape index (κ1) is 9.36. The van der Waals surface area contributed by atoms with E-state index in [1.165, 1.54) is 0 Å². The Morgan fingerprint density at radius 1 is 1.25 bits per heavy atom. The Bertz CT molecular complexity index is 670. The molecule has 0 amide bonds. The Kier molecular flexibility index (Phi) is 1.94. The van der Waals surface area contributed by atoms with Crippen LogP contribution < -0.4 is 0 Å². The molecule has 3 nitrogen and oxygen atoms in total. The molecule has 0 saturated carbocycles. The highest BCUT2D eigenvalue weighted by Crippen LogP contribution is 2.19. The van der Waals surface area contributed by atoms with Crippen molar-refractivity contribution < 1.29 is 5.11 Å². The highest BCUT2D eigenvalue weighted by Gasteiger charge is 2.03. The molecule has 0 fully saturated rings. The summed E-state index contributed by atoms with van der Waals surface area (Å²) in [6.45, 7) is 2.05. The lowest BCUT2D eigenvalue weighted by Gasteiger charge is -2.03. The Hall–Kier alpha value is -1.87. The fourth-order valence-electron chi connectivity index (χ4n) is 2.03. The van der Waals surface area contributed by atoms with E-state index >= 15 is 0 Å². The van der Waals surface area contributed by atoms with Gasteiger partial charge in [-0.15, -0.1) is 0 Å². The van der Waals surface area contributed by atoms with Crippen molar-refractivity contribution in [3.8, 4) is 0 Å². The zero-order valence-electron chi connectivity index (χ0n) is 9.01. The summed E-state index contributed by atoms with van der Waals surface area (Å²) >= 11 is 0. The standard InChI is InChI=1S/C13H12N2O/c1-9-7-15-12-6-10(8-16)2-3-11(12)4-5-13(15)14-9/h2-7,16H,8H2,1H3. The van der Waals surface area contributed by atoms with Crippen LogP contribution in [-0.2, 0) is 6.61 Å². The molecular weight excluding hydrogens is 200 g/mol. The van der Waals surface area contributed by atoms with Crippen molar-refractivity contribution in [1.82, 2.24) is 9.38 Å². The second-order valence-electron chi connectivity index (χ2n) is 4.00. The van der Waals surface area contributed by atoms with Gasteiger partial charge in [-0.05, 0) is 36.1 Å². The molecule has 0 unspecified atom stereocenters. The van der Waals surface area contributed by atoms with Crippen molar-refractivity contribution in [2.24, 2.45) is 0 Å². The van der Waals surface area contributed by atoms with Gasteiger partial charge in [-0.1, -0.05) is 12.1 Å². The lowest BCUT2D eigenvalue weighted by atomic mass is 10.1. The molecule has 0 aliphatic heterocycles. The van der Waals surface area contributed by atoms with Crippen molar-refractivity contribution >= 4 is 16.6 Å². The van der Waals surface area contributed by atoms with Gasteiger partial charge in [0, 0.05) is 6.20 Å². The summed E-state index contributed by atoms with van der Waals surface area (Å²) in [4.78, 5) is 4.42. The molecule has 3 rings (SSSR count). The predicted molar refractivity (Wildman–Crippen MR) is 63.4 cm³/mol. The molecule has 0 saturated heterocycles. The minimum absolute atomic E-state index is 0.0695. The van der Waals surface area contributed by atoms with Crippen LogP contribution in [0.3, 0.4) is 0 Å². The predicted octanol–water partition coefficient (Wildman–Crippen LogP) is 2.29. The lowest BCUT2D eigenvalue weighted by molar-refractivity contribution is 0.282. The van der Waals surface area contributed by atoms with E-state index in [1.54, 1.807) is 0 Å². The largest absolute Gasteiger partial charge is 0.392 e. The second-order valence-corrected chi connectivity index (χ2v) is 4.00. The number of rotatable bonds is 1. The first-order chi connectivity index (χ1) is 7.78. The average molecular weight is 212 g/mol. The monoisotopic (exact) mass is 212 g/mol. The molecule has 2 heterocycles. The third-order valence-electron chi connectivity index (χ3n) is 2.80. The average Bonchev–Trinajstić information content (AvgIpc) is 2.69. The number of aliphatic hydroxyl groups excluding tert-OH is 1. The highest BCUT2D eigenvalue weighted by molar-refractivity contribution is 5.82. The number of pyridine rings is 1. The number of aryl methyl sites for hydroxylation is 1. The van der Waals surface area contributed by atoms with Gasteiger partial charge >= 0.3 is 0 Å². The van der Waals surface area contributed by atoms with Gasteiger partial charge in [0.15, 0.2) is 0 Å². The van der Waals surface area contributed by atoms with Gasteiger partial charge < -0.3 is 5.11 Å². The van der Waals surface area contributed by atoms with Crippen LogP contribution >= 0.6 is 0 Å². The van der Waals surface area contributed by atoms with Crippen LogP contribution in [0.25, 0.3) is 16.6 Å². The Labute approximate surface area is 93.0 Å². The molecule has 0 atom stereocenters. The zero-order valence-corrected chi connectivity index (χ0v) is 9.01. The van der Waals surface area contributed by atoms with Crippen LogP contribution in [-0.4, -0.2) is 14.5 Å². The fraction of sp³-hybridized carbons (Fsp3) is 0.154. The summed E-state index contributed by atoms with van der Waals surface area (Å²) in [5.74, 6) is 0. The fourth-order valence-corrected chi connectivity index (χ4v) is 2.03. The zero-order chi connectivity index (χ0) is 11.1. The molecule has 1 aromatic carbocycles. The normalized spacial score (nSPS) is 11.4. The van der Waals surface area contributed by atoms with Crippen molar-refractivity contribution in [2.75, 3.05) is 0 Å². The number of benzene rings is 1. The maximum Gasteiger partial charge on any atom is 0.137 e.